The fourth-order valence-corrected chi connectivity index (χ4v) is 3.72. The summed E-state index contributed by atoms with van der Waals surface area (Å²) in [7, 11) is 0. The van der Waals surface area contributed by atoms with E-state index in [-0.39, 0.29) is 12.4 Å². The zero-order valence-corrected chi connectivity index (χ0v) is 18.0. The average Bonchev–Trinajstić information content (AvgIpc) is 2.79. The van der Waals surface area contributed by atoms with Crippen molar-refractivity contribution in [1.29, 1.82) is 0 Å². The zero-order valence-electron chi connectivity index (χ0n) is 16.4. The Morgan fingerprint density at radius 3 is 2.53 bits per heavy atom. The van der Waals surface area contributed by atoms with Gasteiger partial charge < -0.3 is 14.4 Å². The molecule has 0 unspecified atom stereocenters. The molecule has 1 aliphatic rings. The Hall–Kier alpha value is -2.70. The number of nitrogens with zero attached hydrogens (tertiary/aromatic N) is 2. The second kappa shape index (κ2) is 9.87. The van der Waals surface area contributed by atoms with E-state index in [0.29, 0.717) is 11.3 Å². The van der Waals surface area contributed by atoms with Gasteiger partial charge in [0.15, 0.2) is 0 Å². The van der Waals surface area contributed by atoms with Crippen LogP contribution < -0.4 is 9.64 Å². The first-order valence-electron chi connectivity index (χ1n) is 9.81. The van der Waals surface area contributed by atoms with Gasteiger partial charge in [-0.1, -0.05) is 18.2 Å². The molecule has 0 saturated carbocycles. The summed E-state index contributed by atoms with van der Waals surface area (Å²) >= 11 is 3.52. The van der Waals surface area contributed by atoms with Crippen LogP contribution in [0, 0.1) is 5.82 Å². The Bertz CT molecular complexity index is 1020. The molecule has 0 N–H and O–H groups in total. The van der Waals surface area contributed by atoms with Gasteiger partial charge >= 0.3 is 0 Å². The molecule has 0 spiro atoms. The van der Waals surface area contributed by atoms with Crippen molar-refractivity contribution in [2.75, 3.05) is 31.2 Å². The maximum absolute atomic E-state index is 13.7. The first kappa shape index (κ1) is 20.6. The van der Waals surface area contributed by atoms with E-state index in [2.05, 4.69) is 38.0 Å². The van der Waals surface area contributed by atoms with Crippen molar-refractivity contribution in [3.05, 3.63) is 88.1 Å². The van der Waals surface area contributed by atoms with E-state index in [9.17, 15) is 4.39 Å². The van der Waals surface area contributed by atoms with Crippen LogP contribution >= 0.6 is 15.9 Å². The van der Waals surface area contributed by atoms with Gasteiger partial charge in [-0.15, -0.1) is 0 Å². The summed E-state index contributed by atoms with van der Waals surface area (Å²) in [6, 6.07) is 20.5. The van der Waals surface area contributed by atoms with Gasteiger partial charge in [-0.05, 0) is 70.0 Å². The quantitative estimate of drug-likeness (QED) is 0.431. The summed E-state index contributed by atoms with van der Waals surface area (Å²) in [6.45, 7) is 3.56. The molecule has 154 valence electrons. The maximum atomic E-state index is 13.7. The number of anilines is 1. The molecule has 30 heavy (non-hydrogen) atoms. The molecule has 4 rings (SSSR count). The van der Waals surface area contributed by atoms with Crippen LogP contribution in [0.3, 0.4) is 0 Å². The molecule has 1 heterocycles. The molecule has 0 aromatic heterocycles. The van der Waals surface area contributed by atoms with E-state index in [1.165, 1.54) is 11.8 Å². The molecule has 6 heteroatoms. The van der Waals surface area contributed by atoms with E-state index in [1.807, 2.05) is 36.5 Å². The fourth-order valence-electron chi connectivity index (χ4n) is 3.21. The fraction of sp³-hybridized carbons (Fsp3) is 0.208. The van der Waals surface area contributed by atoms with Crippen LogP contribution in [0.2, 0.25) is 0 Å². The lowest BCUT2D eigenvalue weighted by molar-refractivity contribution is 0.122. The largest absolute Gasteiger partial charge is 0.488 e. The summed E-state index contributed by atoms with van der Waals surface area (Å²) in [4.78, 5) is 6.87. The van der Waals surface area contributed by atoms with Crippen molar-refractivity contribution in [2.45, 2.75) is 6.61 Å². The second-order valence-corrected chi connectivity index (χ2v) is 7.80. The minimum atomic E-state index is -0.267. The van der Waals surface area contributed by atoms with Gasteiger partial charge in [-0.2, -0.15) is 0 Å². The van der Waals surface area contributed by atoms with Crippen molar-refractivity contribution in [3.8, 4) is 5.75 Å². The average molecular weight is 469 g/mol. The number of aliphatic imine (C=N–C) groups is 1. The number of hydrogen-bond acceptors (Lipinski definition) is 4. The van der Waals surface area contributed by atoms with E-state index >= 15 is 0 Å². The molecular formula is C24H22BrFN2O2. The molecule has 0 bridgehead atoms. The van der Waals surface area contributed by atoms with Gasteiger partial charge in [0.05, 0.1) is 23.4 Å². The standard InChI is InChI=1S/C24H22BrFN2O2/c25-22-15-18(5-10-24(22)30-17-19-3-1-2-4-23(19)26)16-27-20-6-8-21(9-7-20)28-11-13-29-14-12-28/h1-10,15-16H,11-14,17H2. The van der Waals surface area contributed by atoms with Crippen LogP contribution in [0.25, 0.3) is 0 Å². The van der Waals surface area contributed by atoms with Crippen molar-refractivity contribution < 1.29 is 13.9 Å². The molecule has 3 aromatic carbocycles. The van der Waals surface area contributed by atoms with Crippen molar-refractivity contribution in [1.82, 2.24) is 0 Å². The van der Waals surface area contributed by atoms with Crippen LogP contribution in [-0.2, 0) is 11.3 Å². The van der Waals surface area contributed by atoms with E-state index < -0.39 is 0 Å². The monoisotopic (exact) mass is 468 g/mol. The molecular weight excluding hydrogens is 447 g/mol. The first-order chi connectivity index (χ1) is 14.7. The maximum Gasteiger partial charge on any atom is 0.134 e. The Kier molecular flexibility index (Phi) is 6.77. The van der Waals surface area contributed by atoms with Crippen molar-refractivity contribution in [3.63, 3.8) is 0 Å². The molecule has 1 aliphatic heterocycles. The second-order valence-electron chi connectivity index (χ2n) is 6.94. The molecule has 0 atom stereocenters. The predicted molar refractivity (Wildman–Crippen MR) is 122 cm³/mol. The lowest BCUT2D eigenvalue weighted by Gasteiger charge is -2.28. The van der Waals surface area contributed by atoms with Crippen molar-refractivity contribution >= 4 is 33.5 Å². The van der Waals surface area contributed by atoms with E-state index in [0.717, 1.165) is 42.0 Å². The van der Waals surface area contributed by atoms with Gasteiger partial charge in [0, 0.05) is 30.6 Å². The van der Waals surface area contributed by atoms with Gasteiger partial charge in [-0.3, -0.25) is 4.99 Å². The lowest BCUT2D eigenvalue weighted by atomic mass is 10.2. The molecule has 4 nitrogen and oxygen atoms in total. The summed E-state index contributed by atoms with van der Waals surface area (Å²) in [5.74, 6) is 0.391. The smallest absolute Gasteiger partial charge is 0.134 e. The highest BCUT2D eigenvalue weighted by molar-refractivity contribution is 9.10. The van der Waals surface area contributed by atoms with Crippen molar-refractivity contribution in [2.24, 2.45) is 4.99 Å². The number of hydrogen-bond donors (Lipinski definition) is 0. The molecule has 0 amide bonds. The topological polar surface area (TPSA) is 34.1 Å². The van der Waals surface area contributed by atoms with Gasteiger partial charge in [0.2, 0.25) is 0 Å². The zero-order chi connectivity index (χ0) is 20.8. The highest BCUT2D eigenvalue weighted by Crippen LogP contribution is 2.27. The number of ether oxygens (including phenoxy) is 2. The molecule has 1 fully saturated rings. The Morgan fingerprint density at radius 1 is 1.03 bits per heavy atom. The lowest BCUT2D eigenvalue weighted by Crippen LogP contribution is -2.36. The van der Waals surface area contributed by atoms with E-state index in [1.54, 1.807) is 18.2 Å². The Labute approximate surface area is 184 Å². The van der Waals surface area contributed by atoms with Crippen LogP contribution in [0.4, 0.5) is 15.8 Å². The third kappa shape index (κ3) is 5.26. The Balaban J connectivity index is 1.38. The van der Waals surface area contributed by atoms with Crippen LogP contribution in [0.5, 0.6) is 5.75 Å². The first-order valence-corrected chi connectivity index (χ1v) is 10.6. The number of halogens is 2. The Morgan fingerprint density at radius 2 is 1.80 bits per heavy atom. The van der Waals surface area contributed by atoms with E-state index in [4.69, 9.17) is 9.47 Å². The SMILES string of the molecule is Fc1ccccc1COc1ccc(C=Nc2ccc(N3CCOCC3)cc2)cc1Br. The van der Waals surface area contributed by atoms with Gasteiger partial charge in [0.1, 0.15) is 18.2 Å². The number of rotatable bonds is 6. The summed E-state index contributed by atoms with van der Waals surface area (Å²) in [6.07, 6.45) is 1.81. The molecule has 0 aliphatic carbocycles. The summed E-state index contributed by atoms with van der Waals surface area (Å²) in [5.41, 5.74) is 3.55. The van der Waals surface area contributed by atoms with Gasteiger partial charge in [0.25, 0.3) is 0 Å². The highest BCUT2D eigenvalue weighted by Gasteiger charge is 2.10. The summed E-state index contributed by atoms with van der Waals surface area (Å²) < 4.78 is 25.7. The molecule has 1 saturated heterocycles. The molecule has 3 aromatic rings. The summed E-state index contributed by atoms with van der Waals surface area (Å²) in [5, 5.41) is 0. The molecule has 0 radical (unpaired) electrons. The van der Waals surface area contributed by atoms with Crippen LogP contribution in [-0.4, -0.2) is 32.5 Å². The third-order valence-corrected chi connectivity index (χ3v) is 5.51. The minimum absolute atomic E-state index is 0.175. The number of benzene rings is 3. The third-order valence-electron chi connectivity index (χ3n) is 4.89. The van der Waals surface area contributed by atoms with Gasteiger partial charge in [-0.25, -0.2) is 4.39 Å². The van der Waals surface area contributed by atoms with Crippen LogP contribution in [0.1, 0.15) is 11.1 Å². The van der Waals surface area contributed by atoms with Crippen LogP contribution in [0.15, 0.2) is 76.2 Å². The highest BCUT2D eigenvalue weighted by atomic mass is 79.9. The predicted octanol–water partition coefficient (Wildman–Crippen LogP) is 5.75. The number of morpholine rings is 1. The normalized spacial score (nSPS) is 14.3. The minimum Gasteiger partial charge on any atom is -0.488 e.